The van der Waals surface area contributed by atoms with E-state index in [-0.39, 0.29) is 0 Å². The zero-order valence-corrected chi connectivity index (χ0v) is 19.1. The Hall–Kier alpha value is -3.84. The summed E-state index contributed by atoms with van der Waals surface area (Å²) in [5.74, 6) is -0.902. The van der Waals surface area contributed by atoms with Crippen molar-refractivity contribution in [1.29, 1.82) is 0 Å². The molecule has 0 heterocycles. The molecule has 0 aliphatic heterocycles. The minimum absolute atomic E-state index is 0.325. The molecule has 0 unspecified atom stereocenters. The lowest BCUT2D eigenvalue weighted by molar-refractivity contribution is -0.136. The van der Waals surface area contributed by atoms with Gasteiger partial charge in [-0.3, -0.25) is 9.59 Å². The number of hydrogen-bond acceptors (Lipinski definition) is 5. The zero-order chi connectivity index (χ0) is 23.6. The number of ether oxygens (including phenoxy) is 2. The predicted molar refractivity (Wildman–Crippen MR) is 129 cm³/mol. The third kappa shape index (κ3) is 6.82. The molecule has 3 aromatic carbocycles. The molecule has 3 aromatic rings. The van der Waals surface area contributed by atoms with Gasteiger partial charge in [-0.05, 0) is 47.4 Å². The van der Waals surface area contributed by atoms with Crippen LogP contribution in [0.1, 0.15) is 23.6 Å². The molecule has 7 nitrogen and oxygen atoms in total. The van der Waals surface area contributed by atoms with Crippen LogP contribution in [0.4, 0.5) is 5.69 Å². The zero-order valence-electron chi connectivity index (χ0n) is 18.3. The lowest BCUT2D eigenvalue weighted by Crippen LogP contribution is -2.32. The fourth-order valence-electron chi connectivity index (χ4n) is 2.91. The Balaban J connectivity index is 1.59. The van der Waals surface area contributed by atoms with Gasteiger partial charge in [-0.1, -0.05) is 61.0 Å². The van der Waals surface area contributed by atoms with Crippen molar-refractivity contribution in [3.63, 3.8) is 0 Å². The number of hydrogen-bond donors (Lipinski definition) is 2. The molecular formula is C25H24ClN3O4. The number of aryl methyl sites for hydroxylation is 1. The highest BCUT2D eigenvalue weighted by Gasteiger charge is 2.14. The topological polar surface area (TPSA) is 89.0 Å². The average Bonchev–Trinajstić information content (AvgIpc) is 2.84. The van der Waals surface area contributed by atoms with Crippen LogP contribution in [0.3, 0.4) is 0 Å². The van der Waals surface area contributed by atoms with E-state index in [4.69, 9.17) is 21.1 Å². The molecule has 0 saturated carbocycles. The van der Waals surface area contributed by atoms with Crippen molar-refractivity contribution in [3.8, 4) is 11.5 Å². The van der Waals surface area contributed by atoms with Crippen LogP contribution in [0.2, 0.25) is 5.02 Å². The van der Waals surface area contributed by atoms with Crippen molar-refractivity contribution in [3.05, 3.63) is 88.4 Å². The Morgan fingerprint density at radius 3 is 2.39 bits per heavy atom. The first-order chi connectivity index (χ1) is 16.0. The summed E-state index contributed by atoms with van der Waals surface area (Å²) < 4.78 is 11.2. The highest BCUT2D eigenvalue weighted by molar-refractivity contribution is 6.39. The molecule has 0 radical (unpaired) electrons. The van der Waals surface area contributed by atoms with Gasteiger partial charge in [0.1, 0.15) is 6.61 Å². The second kappa shape index (κ2) is 11.7. The second-order valence-corrected chi connectivity index (χ2v) is 7.42. The van der Waals surface area contributed by atoms with Gasteiger partial charge in [-0.15, -0.1) is 0 Å². The molecule has 0 fully saturated rings. The molecule has 3 rings (SSSR count). The SMILES string of the molecule is CCc1ccc(NC(=O)C(=O)N/N=C\c2cc(Cl)c(OCc3ccccc3)c(OC)c2)cc1. The van der Waals surface area contributed by atoms with Crippen LogP contribution in [0.25, 0.3) is 0 Å². The third-order valence-corrected chi connectivity index (χ3v) is 4.96. The van der Waals surface area contributed by atoms with Crippen LogP contribution >= 0.6 is 11.6 Å². The first-order valence-electron chi connectivity index (χ1n) is 10.3. The fourth-order valence-corrected chi connectivity index (χ4v) is 3.19. The molecule has 0 atom stereocenters. The number of rotatable bonds is 8. The number of methoxy groups -OCH3 is 1. The van der Waals surface area contributed by atoms with E-state index < -0.39 is 11.8 Å². The second-order valence-electron chi connectivity index (χ2n) is 7.01. The van der Waals surface area contributed by atoms with Crippen molar-refractivity contribution in [2.24, 2.45) is 5.10 Å². The summed E-state index contributed by atoms with van der Waals surface area (Å²) >= 11 is 6.37. The van der Waals surface area contributed by atoms with Crippen LogP contribution in [0, 0.1) is 0 Å². The van der Waals surface area contributed by atoms with Crippen molar-refractivity contribution in [2.75, 3.05) is 12.4 Å². The summed E-state index contributed by atoms with van der Waals surface area (Å²) in [5.41, 5.74) is 5.40. The molecule has 0 saturated heterocycles. The molecule has 0 aliphatic carbocycles. The van der Waals surface area contributed by atoms with E-state index >= 15 is 0 Å². The van der Waals surface area contributed by atoms with Gasteiger partial charge in [0.15, 0.2) is 11.5 Å². The summed E-state index contributed by atoms with van der Waals surface area (Å²) in [6.45, 7) is 2.36. The van der Waals surface area contributed by atoms with E-state index in [9.17, 15) is 9.59 Å². The Labute approximate surface area is 197 Å². The van der Waals surface area contributed by atoms with Crippen molar-refractivity contribution in [2.45, 2.75) is 20.0 Å². The monoisotopic (exact) mass is 465 g/mol. The fraction of sp³-hybridized carbons (Fsp3) is 0.160. The lowest BCUT2D eigenvalue weighted by Gasteiger charge is -2.13. The summed E-state index contributed by atoms with van der Waals surface area (Å²) in [6.07, 6.45) is 2.24. The van der Waals surface area contributed by atoms with Gasteiger partial charge in [0.25, 0.3) is 0 Å². The maximum absolute atomic E-state index is 12.0. The van der Waals surface area contributed by atoms with Gasteiger partial charge in [0, 0.05) is 5.69 Å². The van der Waals surface area contributed by atoms with Crippen molar-refractivity contribution >= 4 is 35.3 Å². The molecule has 2 amide bonds. The number of benzene rings is 3. The molecule has 8 heteroatoms. The Bertz CT molecular complexity index is 1130. The van der Waals surface area contributed by atoms with Gasteiger partial charge in [-0.2, -0.15) is 5.10 Å². The number of amides is 2. The van der Waals surface area contributed by atoms with Crippen LogP contribution in [0.5, 0.6) is 11.5 Å². The first-order valence-corrected chi connectivity index (χ1v) is 10.7. The van der Waals surface area contributed by atoms with Crippen LogP contribution in [-0.2, 0) is 22.6 Å². The van der Waals surface area contributed by atoms with E-state index in [1.165, 1.54) is 13.3 Å². The molecule has 170 valence electrons. The van der Waals surface area contributed by atoms with Gasteiger partial charge in [0.05, 0.1) is 18.3 Å². The summed E-state index contributed by atoms with van der Waals surface area (Å²) in [4.78, 5) is 24.1. The molecule has 2 N–H and O–H groups in total. The molecule has 0 aliphatic rings. The summed E-state index contributed by atoms with van der Waals surface area (Å²) in [5, 5.41) is 6.68. The molecule has 33 heavy (non-hydrogen) atoms. The lowest BCUT2D eigenvalue weighted by atomic mass is 10.1. The van der Waals surface area contributed by atoms with Gasteiger partial charge in [0.2, 0.25) is 0 Å². The Morgan fingerprint density at radius 2 is 1.73 bits per heavy atom. The van der Waals surface area contributed by atoms with Crippen LogP contribution in [-0.4, -0.2) is 25.1 Å². The number of anilines is 1. The molecule has 0 aromatic heterocycles. The van der Waals surface area contributed by atoms with Gasteiger partial charge < -0.3 is 14.8 Å². The van der Waals surface area contributed by atoms with Crippen LogP contribution < -0.4 is 20.2 Å². The molecule has 0 spiro atoms. The third-order valence-electron chi connectivity index (χ3n) is 4.68. The predicted octanol–water partition coefficient (Wildman–Crippen LogP) is 4.58. The average molecular weight is 466 g/mol. The maximum Gasteiger partial charge on any atom is 0.329 e. The molecular weight excluding hydrogens is 442 g/mol. The minimum atomic E-state index is -0.897. The quantitative estimate of drug-likeness (QED) is 0.289. The maximum atomic E-state index is 12.0. The minimum Gasteiger partial charge on any atom is -0.493 e. The highest BCUT2D eigenvalue weighted by Crippen LogP contribution is 2.36. The smallest absolute Gasteiger partial charge is 0.329 e. The Morgan fingerprint density at radius 1 is 1.00 bits per heavy atom. The number of carbonyl (C=O) groups excluding carboxylic acids is 2. The van der Waals surface area contributed by atoms with Gasteiger partial charge >= 0.3 is 11.8 Å². The highest BCUT2D eigenvalue weighted by atomic mass is 35.5. The van der Waals surface area contributed by atoms with E-state index in [2.05, 4.69) is 15.8 Å². The van der Waals surface area contributed by atoms with Crippen LogP contribution in [0.15, 0.2) is 71.8 Å². The number of nitrogens with one attached hydrogen (secondary N) is 2. The Kier molecular flexibility index (Phi) is 8.43. The summed E-state index contributed by atoms with van der Waals surface area (Å²) in [7, 11) is 1.50. The van der Waals surface area contributed by atoms with Crippen molar-refractivity contribution < 1.29 is 19.1 Å². The normalized spacial score (nSPS) is 10.6. The number of hydrazone groups is 1. The number of carbonyl (C=O) groups is 2. The number of halogens is 1. The molecule has 0 bridgehead atoms. The van der Waals surface area contributed by atoms with Crippen molar-refractivity contribution in [1.82, 2.24) is 5.43 Å². The van der Waals surface area contributed by atoms with E-state index in [1.54, 1.807) is 24.3 Å². The van der Waals surface area contributed by atoms with E-state index in [1.807, 2.05) is 49.4 Å². The largest absolute Gasteiger partial charge is 0.493 e. The first kappa shape index (κ1) is 23.8. The number of nitrogens with zero attached hydrogens (tertiary/aromatic N) is 1. The standard InChI is InChI=1S/C25H24ClN3O4/c1-3-17-9-11-20(12-10-17)28-24(30)25(31)29-27-15-19-13-21(26)23(22(14-19)32-2)33-16-18-7-5-4-6-8-18/h4-15H,3,16H2,1-2H3,(H,28,30)(H,29,31)/b27-15-. The van der Waals surface area contributed by atoms with E-state index in [0.717, 1.165) is 17.5 Å². The van der Waals surface area contributed by atoms with E-state index in [0.29, 0.717) is 34.4 Å². The summed E-state index contributed by atoms with van der Waals surface area (Å²) in [6, 6.07) is 20.2. The van der Waals surface area contributed by atoms with Gasteiger partial charge in [-0.25, -0.2) is 5.43 Å².